The number of nitrogens with zero attached hydrogens (tertiary/aromatic N) is 4. The van der Waals surface area contributed by atoms with Crippen LogP contribution in [0.15, 0.2) is 72.8 Å². The molecule has 0 unspecified atom stereocenters. The van der Waals surface area contributed by atoms with Gasteiger partial charge in [-0.3, -0.25) is 4.79 Å². The molecule has 1 amide bonds. The fraction of sp³-hybridized carbons (Fsp3) is 0.192. The van der Waals surface area contributed by atoms with E-state index in [0.29, 0.717) is 37.1 Å². The molecule has 1 fully saturated rings. The molecule has 3 aromatic carbocycles. The molecule has 1 saturated heterocycles. The quantitative estimate of drug-likeness (QED) is 0.436. The number of hydrogen-bond donors (Lipinski definition) is 0. The average Bonchev–Trinajstić information content (AvgIpc) is 2.84. The molecular formula is C26H23ClN4O. The highest BCUT2D eigenvalue weighted by atomic mass is 35.5. The zero-order chi connectivity index (χ0) is 22.1. The molecule has 0 atom stereocenters. The van der Waals surface area contributed by atoms with Crippen LogP contribution in [-0.4, -0.2) is 47.0 Å². The Morgan fingerprint density at radius 2 is 1.59 bits per heavy atom. The predicted octanol–water partition coefficient (Wildman–Crippen LogP) is 5.22. The van der Waals surface area contributed by atoms with Crippen molar-refractivity contribution >= 4 is 34.4 Å². The SMILES string of the molecule is Cc1ccc(C(=O)N2CCN(c3nc(-c4ccccc4)c4cc(Cl)ccc4n3)CC2)cc1. The molecule has 1 aliphatic rings. The first-order valence-electron chi connectivity index (χ1n) is 10.7. The molecular weight excluding hydrogens is 420 g/mol. The molecule has 4 aromatic rings. The third-order valence-corrected chi connectivity index (χ3v) is 6.08. The van der Waals surface area contributed by atoms with E-state index in [2.05, 4.69) is 4.90 Å². The third-order valence-electron chi connectivity index (χ3n) is 5.84. The Balaban J connectivity index is 1.41. The van der Waals surface area contributed by atoms with Crippen LogP contribution in [-0.2, 0) is 0 Å². The van der Waals surface area contributed by atoms with Gasteiger partial charge in [0.05, 0.1) is 11.2 Å². The Hall–Kier alpha value is -3.44. The number of carbonyl (C=O) groups excluding carboxylic acids is 1. The molecule has 2 heterocycles. The highest BCUT2D eigenvalue weighted by Gasteiger charge is 2.24. The van der Waals surface area contributed by atoms with E-state index < -0.39 is 0 Å². The lowest BCUT2D eigenvalue weighted by Crippen LogP contribution is -2.49. The number of halogens is 1. The Bertz CT molecular complexity index is 1270. The largest absolute Gasteiger partial charge is 0.337 e. The summed E-state index contributed by atoms with van der Waals surface area (Å²) in [6.45, 7) is 4.66. The van der Waals surface area contributed by atoms with Crippen molar-refractivity contribution in [3.05, 3.63) is 88.9 Å². The Labute approximate surface area is 192 Å². The predicted molar refractivity (Wildman–Crippen MR) is 129 cm³/mol. The summed E-state index contributed by atoms with van der Waals surface area (Å²) in [5, 5.41) is 1.59. The number of amides is 1. The van der Waals surface area contributed by atoms with Gasteiger partial charge in [-0.1, -0.05) is 59.6 Å². The summed E-state index contributed by atoms with van der Waals surface area (Å²) >= 11 is 6.27. The van der Waals surface area contributed by atoms with Crippen molar-refractivity contribution in [1.82, 2.24) is 14.9 Å². The number of aryl methyl sites for hydroxylation is 1. The lowest BCUT2D eigenvalue weighted by Gasteiger charge is -2.35. The molecule has 5 nitrogen and oxygen atoms in total. The minimum absolute atomic E-state index is 0.0729. The van der Waals surface area contributed by atoms with Crippen molar-refractivity contribution in [2.24, 2.45) is 0 Å². The van der Waals surface area contributed by atoms with E-state index in [1.165, 1.54) is 0 Å². The number of benzene rings is 3. The van der Waals surface area contributed by atoms with Crippen LogP contribution >= 0.6 is 11.6 Å². The second-order valence-corrected chi connectivity index (χ2v) is 8.48. The van der Waals surface area contributed by atoms with Crippen LogP contribution in [0.4, 0.5) is 5.95 Å². The second-order valence-electron chi connectivity index (χ2n) is 8.04. The molecule has 0 aliphatic carbocycles. The number of carbonyl (C=O) groups is 1. The van der Waals surface area contributed by atoms with Gasteiger partial charge in [0.2, 0.25) is 5.95 Å². The first-order valence-corrected chi connectivity index (χ1v) is 11.1. The van der Waals surface area contributed by atoms with E-state index >= 15 is 0 Å². The van der Waals surface area contributed by atoms with E-state index in [4.69, 9.17) is 21.6 Å². The summed E-state index contributed by atoms with van der Waals surface area (Å²) in [6, 6.07) is 23.5. The van der Waals surface area contributed by atoms with Crippen molar-refractivity contribution in [2.45, 2.75) is 6.92 Å². The van der Waals surface area contributed by atoms with Crippen LogP contribution in [0.2, 0.25) is 5.02 Å². The molecule has 0 saturated carbocycles. The zero-order valence-electron chi connectivity index (χ0n) is 17.8. The van der Waals surface area contributed by atoms with Gasteiger partial charge in [-0.05, 0) is 37.3 Å². The highest BCUT2D eigenvalue weighted by molar-refractivity contribution is 6.31. The molecule has 1 aromatic heterocycles. The molecule has 1 aliphatic heterocycles. The van der Waals surface area contributed by atoms with Crippen LogP contribution < -0.4 is 4.90 Å². The maximum Gasteiger partial charge on any atom is 0.253 e. The Morgan fingerprint density at radius 1 is 0.875 bits per heavy atom. The summed E-state index contributed by atoms with van der Waals surface area (Å²) in [5.41, 5.74) is 4.63. The fourth-order valence-corrected chi connectivity index (χ4v) is 4.21. The van der Waals surface area contributed by atoms with E-state index in [-0.39, 0.29) is 5.91 Å². The Kier molecular flexibility index (Phi) is 5.50. The molecule has 0 bridgehead atoms. The van der Waals surface area contributed by atoms with E-state index in [1.807, 2.05) is 84.6 Å². The van der Waals surface area contributed by atoms with Gasteiger partial charge in [-0.25, -0.2) is 9.97 Å². The second kappa shape index (κ2) is 8.60. The minimum atomic E-state index is 0.0729. The van der Waals surface area contributed by atoms with E-state index in [9.17, 15) is 4.79 Å². The van der Waals surface area contributed by atoms with Gasteiger partial charge in [-0.2, -0.15) is 0 Å². The molecule has 0 spiro atoms. The summed E-state index contributed by atoms with van der Waals surface area (Å²) < 4.78 is 0. The van der Waals surface area contributed by atoms with Crippen LogP contribution in [0.25, 0.3) is 22.2 Å². The molecule has 0 N–H and O–H groups in total. The number of aromatic nitrogens is 2. The van der Waals surface area contributed by atoms with Crippen molar-refractivity contribution in [1.29, 1.82) is 0 Å². The van der Waals surface area contributed by atoms with Gasteiger partial charge in [0, 0.05) is 47.7 Å². The zero-order valence-corrected chi connectivity index (χ0v) is 18.6. The molecule has 5 rings (SSSR count). The topological polar surface area (TPSA) is 49.3 Å². The molecule has 160 valence electrons. The van der Waals surface area contributed by atoms with Crippen LogP contribution in [0, 0.1) is 6.92 Å². The van der Waals surface area contributed by atoms with Crippen molar-refractivity contribution in [3.63, 3.8) is 0 Å². The summed E-state index contributed by atoms with van der Waals surface area (Å²) in [4.78, 5) is 26.7. The lowest BCUT2D eigenvalue weighted by atomic mass is 10.1. The maximum absolute atomic E-state index is 12.9. The van der Waals surface area contributed by atoms with Crippen LogP contribution in [0.1, 0.15) is 15.9 Å². The summed E-state index contributed by atoms with van der Waals surface area (Å²) in [7, 11) is 0. The summed E-state index contributed by atoms with van der Waals surface area (Å²) in [5.74, 6) is 0.754. The van der Waals surface area contributed by atoms with Crippen LogP contribution in [0.5, 0.6) is 0 Å². The fourth-order valence-electron chi connectivity index (χ4n) is 4.03. The lowest BCUT2D eigenvalue weighted by molar-refractivity contribution is 0.0746. The highest BCUT2D eigenvalue weighted by Crippen LogP contribution is 2.30. The van der Waals surface area contributed by atoms with E-state index in [0.717, 1.165) is 33.3 Å². The first kappa shape index (κ1) is 20.5. The normalized spacial score (nSPS) is 14.1. The van der Waals surface area contributed by atoms with Crippen molar-refractivity contribution in [2.75, 3.05) is 31.1 Å². The number of piperazine rings is 1. The standard InChI is InChI=1S/C26H23ClN4O/c1-18-7-9-20(10-8-18)25(32)30-13-15-31(16-14-30)26-28-23-12-11-21(27)17-22(23)24(29-26)19-5-3-2-4-6-19/h2-12,17H,13-16H2,1H3. The van der Waals surface area contributed by atoms with Gasteiger partial charge in [0.1, 0.15) is 0 Å². The van der Waals surface area contributed by atoms with Gasteiger partial charge >= 0.3 is 0 Å². The smallest absolute Gasteiger partial charge is 0.253 e. The monoisotopic (exact) mass is 442 g/mol. The minimum Gasteiger partial charge on any atom is -0.337 e. The van der Waals surface area contributed by atoms with Crippen molar-refractivity contribution in [3.8, 4) is 11.3 Å². The molecule has 6 heteroatoms. The van der Waals surface area contributed by atoms with Crippen molar-refractivity contribution < 1.29 is 4.79 Å². The van der Waals surface area contributed by atoms with E-state index in [1.54, 1.807) is 0 Å². The number of fused-ring (bicyclic) bond motifs is 1. The first-order chi connectivity index (χ1) is 15.6. The number of anilines is 1. The van der Waals surface area contributed by atoms with Gasteiger partial charge < -0.3 is 9.80 Å². The molecule has 0 radical (unpaired) electrons. The van der Waals surface area contributed by atoms with Gasteiger partial charge in [0.15, 0.2) is 0 Å². The number of hydrogen-bond acceptors (Lipinski definition) is 4. The molecule has 32 heavy (non-hydrogen) atoms. The summed E-state index contributed by atoms with van der Waals surface area (Å²) in [6.07, 6.45) is 0. The van der Waals surface area contributed by atoms with Crippen LogP contribution in [0.3, 0.4) is 0 Å². The van der Waals surface area contributed by atoms with Gasteiger partial charge in [-0.15, -0.1) is 0 Å². The van der Waals surface area contributed by atoms with Gasteiger partial charge in [0.25, 0.3) is 5.91 Å². The number of rotatable bonds is 3. The average molecular weight is 443 g/mol. The maximum atomic E-state index is 12.9. The Morgan fingerprint density at radius 3 is 2.31 bits per heavy atom. The third kappa shape index (κ3) is 4.04.